The molecule has 5 heteroatoms. The Morgan fingerprint density at radius 1 is 1.04 bits per heavy atom. The fourth-order valence-corrected chi connectivity index (χ4v) is 4.05. The lowest BCUT2D eigenvalue weighted by Crippen LogP contribution is -2.47. The second-order valence-corrected chi connectivity index (χ2v) is 8.96. The summed E-state index contributed by atoms with van der Waals surface area (Å²) >= 11 is 0. The number of hydrogen-bond donors (Lipinski definition) is 0. The molecule has 0 bridgehead atoms. The monoisotopic (exact) mass is 354 g/mol. The average molecular weight is 354 g/mol. The zero-order valence-corrected chi connectivity index (χ0v) is 16.4. The van der Waals surface area contributed by atoms with E-state index in [1.54, 1.807) is 0 Å². The lowest BCUT2D eigenvalue weighted by Gasteiger charge is -2.43. The third-order valence-electron chi connectivity index (χ3n) is 5.12. The maximum atomic E-state index is 12.6. The van der Waals surface area contributed by atoms with Crippen molar-refractivity contribution in [2.45, 2.75) is 84.8 Å². The van der Waals surface area contributed by atoms with Crippen molar-refractivity contribution < 1.29 is 23.8 Å². The quantitative estimate of drug-likeness (QED) is 0.683. The molecule has 2 fully saturated rings. The maximum Gasteiger partial charge on any atom is 0.509 e. The van der Waals surface area contributed by atoms with Gasteiger partial charge in [-0.1, -0.05) is 33.1 Å². The summed E-state index contributed by atoms with van der Waals surface area (Å²) in [6, 6.07) is 0. The van der Waals surface area contributed by atoms with Gasteiger partial charge in [-0.3, -0.25) is 4.79 Å². The van der Waals surface area contributed by atoms with Crippen molar-refractivity contribution in [1.29, 1.82) is 0 Å². The van der Waals surface area contributed by atoms with Gasteiger partial charge in [0.15, 0.2) is 0 Å². The summed E-state index contributed by atoms with van der Waals surface area (Å²) in [5.74, 6) is 0.471. The van der Waals surface area contributed by atoms with Crippen LogP contribution in [-0.4, -0.2) is 30.4 Å². The molecular weight excluding hydrogens is 320 g/mol. The number of carbonyl (C=O) groups excluding carboxylic acids is 2. The molecule has 144 valence electrons. The zero-order valence-electron chi connectivity index (χ0n) is 16.4. The molecule has 0 heterocycles. The highest BCUT2D eigenvalue weighted by atomic mass is 16.7. The van der Waals surface area contributed by atoms with Crippen LogP contribution in [0.15, 0.2) is 0 Å². The molecule has 0 aliphatic heterocycles. The van der Waals surface area contributed by atoms with Crippen LogP contribution in [0, 0.1) is 23.7 Å². The first-order chi connectivity index (χ1) is 11.7. The topological polar surface area (TPSA) is 61.8 Å². The van der Waals surface area contributed by atoms with Crippen LogP contribution < -0.4 is 0 Å². The van der Waals surface area contributed by atoms with E-state index in [9.17, 15) is 9.59 Å². The highest BCUT2D eigenvalue weighted by molar-refractivity contribution is 5.74. The molecule has 2 rings (SSSR count). The number of hydrogen-bond acceptors (Lipinski definition) is 5. The van der Waals surface area contributed by atoms with E-state index in [1.807, 2.05) is 34.6 Å². The Hall–Kier alpha value is -1.26. The summed E-state index contributed by atoms with van der Waals surface area (Å²) in [5, 5.41) is 0. The van der Waals surface area contributed by atoms with E-state index in [-0.39, 0.29) is 17.8 Å². The highest BCUT2D eigenvalue weighted by Gasteiger charge is 2.46. The highest BCUT2D eigenvalue weighted by Crippen LogP contribution is 2.44. The Morgan fingerprint density at radius 2 is 1.72 bits per heavy atom. The van der Waals surface area contributed by atoms with Crippen molar-refractivity contribution in [1.82, 2.24) is 0 Å². The molecule has 5 nitrogen and oxygen atoms in total. The second kappa shape index (κ2) is 8.41. The minimum Gasteiger partial charge on any atom is -0.465 e. The maximum absolute atomic E-state index is 12.6. The molecule has 0 aromatic carbocycles. The van der Waals surface area contributed by atoms with Crippen LogP contribution in [-0.2, 0) is 19.0 Å². The molecule has 0 radical (unpaired) electrons. The van der Waals surface area contributed by atoms with Crippen LogP contribution in [0.4, 0.5) is 4.79 Å². The van der Waals surface area contributed by atoms with E-state index < -0.39 is 17.9 Å². The van der Waals surface area contributed by atoms with Gasteiger partial charge in [0.2, 0.25) is 0 Å². The fourth-order valence-electron chi connectivity index (χ4n) is 4.05. The van der Waals surface area contributed by atoms with Crippen LogP contribution in [0.25, 0.3) is 0 Å². The molecule has 0 aromatic rings. The van der Waals surface area contributed by atoms with Gasteiger partial charge in [0.1, 0.15) is 11.7 Å². The summed E-state index contributed by atoms with van der Waals surface area (Å²) in [7, 11) is 0. The predicted octanol–water partition coefficient (Wildman–Crippen LogP) is 4.72. The van der Waals surface area contributed by atoms with Crippen LogP contribution in [0.1, 0.15) is 73.1 Å². The molecule has 0 aromatic heterocycles. The summed E-state index contributed by atoms with van der Waals surface area (Å²) < 4.78 is 16.5. The summed E-state index contributed by atoms with van der Waals surface area (Å²) in [5.41, 5.74) is -0.606. The van der Waals surface area contributed by atoms with Crippen molar-refractivity contribution in [2.24, 2.45) is 23.7 Å². The van der Waals surface area contributed by atoms with E-state index >= 15 is 0 Å². The lowest BCUT2D eigenvalue weighted by atomic mass is 9.65. The van der Waals surface area contributed by atoms with Gasteiger partial charge in [-0.15, -0.1) is 0 Å². The summed E-state index contributed by atoms with van der Waals surface area (Å²) in [4.78, 5) is 24.8. The van der Waals surface area contributed by atoms with Gasteiger partial charge >= 0.3 is 12.1 Å². The van der Waals surface area contributed by atoms with Gasteiger partial charge in [-0.2, -0.15) is 0 Å². The third-order valence-corrected chi connectivity index (χ3v) is 5.12. The first-order valence-corrected chi connectivity index (χ1v) is 9.73. The van der Waals surface area contributed by atoms with Crippen LogP contribution >= 0.6 is 0 Å². The molecule has 0 N–H and O–H groups in total. The average Bonchev–Trinajstić information content (AvgIpc) is 2.51. The van der Waals surface area contributed by atoms with Crippen LogP contribution in [0.2, 0.25) is 0 Å². The van der Waals surface area contributed by atoms with Gasteiger partial charge in [0.25, 0.3) is 0 Å². The smallest absolute Gasteiger partial charge is 0.465 e. The number of rotatable bonds is 4. The Morgan fingerprint density at radius 3 is 2.36 bits per heavy atom. The molecule has 4 atom stereocenters. The van der Waals surface area contributed by atoms with Gasteiger partial charge in [0.05, 0.1) is 12.5 Å². The van der Waals surface area contributed by atoms with Crippen molar-refractivity contribution in [2.75, 3.05) is 6.61 Å². The lowest BCUT2D eigenvalue weighted by molar-refractivity contribution is -0.162. The molecule has 2 aliphatic carbocycles. The minimum atomic E-state index is -0.676. The van der Waals surface area contributed by atoms with Crippen molar-refractivity contribution in [3.63, 3.8) is 0 Å². The molecule has 4 unspecified atom stereocenters. The van der Waals surface area contributed by atoms with Gasteiger partial charge < -0.3 is 14.2 Å². The number of carbonyl (C=O) groups is 2. The molecule has 2 aliphatic rings. The molecule has 0 amide bonds. The largest absolute Gasteiger partial charge is 0.509 e. The minimum absolute atomic E-state index is 0.230. The van der Waals surface area contributed by atoms with Crippen molar-refractivity contribution in [3.8, 4) is 0 Å². The van der Waals surface area contributed by atoms with E-state index in [0.717, 1.165) is 32.1 Å². The summed E-state index contributed by atoms with van der Waals surface area (Å²) in [6.07, 6.45) is 5.16. The Kier molecular flexibility index (Phi) is 6.75. The molecule has 0 saturated heterocycles. The SMILES string of the molecule is CC(C)COC(=O)C1CCC2CCCCC2C1OC(=O)OC(C)(C)C. The predicted molar refractivity (Wildman–Crippen MR) is 95.1 cm³/mol. The first-order valence-electron chi connectivity index (χ1n) is 9.73. The van der Waals surface area contributed by atoms with Gasteiger partial charge in [0, 0.05) is 0 Å². The second-order valence-electron chi connectivity index (χ2n) is 8.96. The number of fused-ring (bicyclic) bond motifs is 1. The van der Waals surface area contributed by atoms with Crippen molar-refractivity contribution in [3.05, 3.63) is 0 Å². The first kappa shape index (κ1) is 20.1. The Labute approximate surface area is 151 Å². The normalized spacial score (nSPS) is 29.7. The van der Waals surface area contributed by atoms with E-state index in [2.05, 4.69) is 0 Å². The molecular formula is C20H34O5. The molecule has 25 heavy (non-hydrogen) atoms. The van der Waals surface area contributed by atoms with Crippen LogP contribution in [0.3, 0.4) is 0 Å². The van der Waals surface area contributed by atoms with Crippen molar-refractivity contribution >= 4 is 12.1 Å². The van der Waals surface area contributed by atoms with E-state index in [4.69, 9.17) is 14.2 Å². The number of esters is 1. The fraction of sp³-hybridized carbons (Fsp3) is 0.900. The van der Waals surface area contributed by atoms with E-state index in [1.165, 1.54) is 6.42 Å². The Balaban J connectivity index is 2.09. The zero-order chi connectivity index (χ0) is 18.6. The van der Waals surface area contributed by atoms with Gasteiger partial charge in [-0.25, -0.2) is 4.79 Å². The Bertz CT molecular complexity index is 465. The number of ether oxygens (including phenoxy) is 3. The van der Waals surface area contributed by atoms with Crippen LogP contribution in [0.5, 0.6) is 0 Å². The van der Waals surface area contributed by atoms with E-state index in [0.29, 0.717) is 18.4 Å². The van der Waals surface area contributed by atoms with Gasteiger partial charge in [-0.05, 0) is 57.8 Å². The molecule has 2 saturated carbocycles. The third kappa shape index (κ3) is 5.89. The standard InChI is InChI=1S/C20H34O5/c1-13(2)12-23-18(21)16-11-10-14-8-6-7-9-15(14)17(16)24-19(22)25-20(3,4)5/h13-17H,6-12H2,1-5H3. The molecule has 0 spiro atoms. The summed E-state index contributed by atoms with van der Waals surface area (Å²) in [6.45, 7) is 9.87.